The number of ether oxygens (including phenoxy) is 1. The predicted molar refractivity (Wildman–Crippen MR) is 80.1 cm³/mol. The van der Waals surface area contributed by atoms with E-state index in [1.165, 1.54) is 0 Å². The van der Waals surface area contributed by atoms with Crippen LogP contribution in [0.4, 0.5) is 0 Å². The van der Waals surface area contributed by atoms with Gasteiger partial charge in [-0.15, -0.1) is 0 Å². The predicted octanol–water partition coefficient (Wildman–Crippen LogP) is 2.75. The molecule has 21 heavy (non-hydrogen) atoms. The van der Waals surface area contributed by atoms with Gasteiger partial charge in [-0.3, -0.25) is 0 Å². The Kier molecular flexibility index (Phi) is 4.02. The summed E-state index contributed by atoms with van der Waals surface area (Å²) in [6.07, 6.45) is 3.93. The smallest absolute Gasteiger partial charge is 0.340 e. The second-order valence-electron chi connectivity index (χ2n) is 4.33. The minimum absolute atomic E-state index is 0.374. The lowest BCUT2D eigenvalue weighted by Gasteiger charge is -2.03. The van der Waals surface area contributed by atoms with Gasteiger partial charge in [-0.2, -0.15) is 4.68 Å². The van der Waals surface area contributed by atoms with Crippen molar-refractivity contribution in [2.45, 2.75) is 0 Å². The van der Waals surface area contributed by atoms with E-state index in [2.05, 4.69) is 15.5 Å². The van der Waals surface area contributed by atoms with Crippen molar-refractivity contribution in [1.29, 1.82) is 0 Å². The Bertz CT molecular complexity index is 707. The van der Waals surface area contributed by atoms with Gasteiger partial charge in [-0.25, -0.2) is 0 Å². The molecule has 0 fully saturated rings. The van der Waals surface area contributed by atoms with Gasteiger partial charge in [-0.1, -0.05) is 59.7 Å². The van der Waals surface area contributed by atoms with Gasteiger partial charge in [0.15, 0.2) is 0 Å². The number of nitrogens with zero attached hydrogens (tertiary/aromatic N) is 4. The zero-order valence-corrected chi connectivity index (χ0v) is 11.3. The Morgan fingerprint density at radius 2 is 1.67 bits per heavy atom. The lowest BCUT2D eigenvalue weighted by atomic mass is 10.2. The fourth-order valence-corrected chi connectivity index (χ4v) is 1.87. The first-order valence-electron chi connectivity index (χ1n) is 6.62. The van der Waals surface area contributed by atoms with Gasteiger partial charge in [0.25, 0.3) is 0 Å². The van der Waals surface area contributed by atoms with E-state index in [1.54, 1.807) is 4.68 Å². The molecule has 0 N–H and O–H groups in total. The van der Waals surface area contributed by atoms with Gasteiger partial charge in [0, 0.05) is 0 Å². The number of aromatic nitrogens is 4. The second-order valence-corrected chi connectivity index (χ2v) is 4.33. The zero-order valence-electron chi connectivity index (χ0n) is 11.3. The maximum atomic E-state index is 5.59. The molecule has 0 aliphatic heterocycles. The van der Waals surface area contributed by atoms with E-state index < -0.39 is 0 Å². The summed E-state index contributed by atoms with van der Waals surface area (Å²) in [6, 6.07) is 20.1. The summed E-state index contributed by atoms with van der Waals surface area (Å²) in [5.41, 5.74) is 1.99. The molecule has 1 heterocycles. The Morgan fingerprint density at radius 1 is 0.952 bits per heavy atom. The van der Waals surface area contributed by atoms with Crippen LogP contribution >= 0.6 is 0 Å². The molecule has 3 aromatic rings. The third-order valence-electron chi connectivity index (χ3n) is 2.86. The monoisotopic (exact) mass is 278 g/mol. The van der Waals surface area contributed by atoms with E-state index in [0.29, 0.717) is 12.6 Å². The standard InChI is InChI=1S/C16H14N4O/c1-3-8-14(9-4-1)10-7-13-21-16-17-18-19-20(16)15-11-5-2-6-12-15/h1-12H,13H2/b10-7+. The first-order valence-corrected chi connectivity index (χ1v) is 6.62. The molecule has 2 aromatic carbocycles. The lowest BCUT2D eigenvalue weighted by Crippen LogP contribution is -2.03. The minimum Gasteiger partial charge on any atom is -0.458 e. The van der Waals surface area contributed by atoms with Crippen LogP contribution in [0, 0.1) is 0 Å². The Balaban J connectivity index is 1.65. The fraction of sp³-hybridized carbons (Fsp3) is 0.0625. The van der Waals surface area contributed by atoms with Gasteiger partial charge in [-0.05, 0) is 34.2 Å². The lowest BCUT2D eigenvalue weighted by molar-refractivity contribution is 0.324. The summed E-state index contributed by atoms with van der Waals surface area (Å²) < 4.78 is 7.16. The van der Waals surface area contributed by atoms with Crippen LogP contribution < -0.4 is 4.74 Å². The summed E-state index contributed by atoms with van der Waals surface area (Å²) in [7, 11) is 0. The molecule has 0 atom stereocenters. The van der Waals surface area contributed by atoms with Crippen LogP contribution in [0.5, 0.6) is 6.01 Å². The van der Waals surface area contributed by atoms with E-state index in [9.17, 15) is 0 Å². The first-order chi connectivity index (χ1) is 10.4. The highest BCUT2D eigenvalue weighted by Gasteiger charge is 2.07. The van der Waals surface area contributed by atoms with Crippen molar-refractivity contribution in [3.05, 3.63) is 72.3 Å². The number of hydrogen-bond donors (Lipinski definition) is 0. The zero-order chi connectivity index (χ0) is 14.3. The number of para-hydroxylation sites is 1. The molecule has 0 aliphatic carbocycles. The molecule has 5 nitrogen and oxygen atoms in total. The molecule has 5 heteroatoms. The molecule has 0 bridgehead atoms. The topological polar surface area (TPSA) is 52.8 Å². The highest BCUT2D eigenvalue weighted by molar-refractivity contribution is 5.48. The van der Waals surface area contributed by atoms with E-state index in [0.717, 1.165) is 11.3 Å². The molecule has 0 radical (unpaired) electrons. The van der Waals surface area contributed by atoms with Crippen LogP contribution in [0.15, 0.2) is 66.7 Å². The molecule has 3 rings (SSSR count). The van der Waals surface area contributed by atoms with Crippen molar-refractivity contribution >= 4 is 6.08 Å². The number of tetrazole rings is 1. The van der Waals surface area contributed by atoms with Crippen molar-refractivity contribution in [2.24, 2.45) is 0 Å². The summed E-state index contributed by atoms with van der Waals surface area (Å²) in [4.78, 5) is 0. The molecule has 0 spiro atoms. The normalized spacial score (nSPS) is 10.9. The van der Waals surface area contributed by atoms with Gasteiger partial charge in [0.1, 0.15) is 6.61 Å². The maximum Gasteiger partial charge on any atom is 0.340 e. The quantitative estimate of drug-likeness (QED) is 0.720. The maximum absolute atomic E-state index is 5.59. The summed E-state index contributed by atoms with van der Waals surface area (Å²) in [5, 5.41) is 11.5. The van der Waals surface area contributed by atoms with E-state index in [1.807, 2.05) is 72.8 Å². The first kappa shape index (κ1) is 13.1. The fourth-order valence-electron chi connectivity index (χ4n) is 1.87. The van der Waals surface area contributed by atoms with E-state index in [4.69, 9.17) is 4.74 Å². The van der Waals surface area contributed by atoms with Crippen molar-refractivity contribution in [1.82, 2.24) is 20.2 Å². The number of rotatable bonds is 5. The van der Waals surface area contributed by atoms with Gasteiger partial charge < -0.3 is 4.74 Å². The summed E-state index contributed by atoms with van der Waals surface area (Å²) >= 11 is 0. The molecule has 0 saturated carbocycles. The van der Waals surface area contributed by atoms with Crippen LogP contribution in [0.1, 0.15) is 5.56 Å². The van der Waals surface area contributed by atoms with Gasteiger partial charge in [0.2, 0.25) is 0 Å². The summed E-state index contributed by atoms with van der Waals surface area (Å²) in [5.74, 6) is 0. The number of benzene rings is 2. The van der Waals surface area contributed by atoms with Crippen LogP contribution in [-0.2, 0) is 0 Å². The van der Waals surface area contributed by atoms with Crippen LogP contribution in [0.25, 0.3) is 11.8 Å². The molecule has 1 aromatic heterocycles. The molecule has 0 aliphatic rings. The molecular formula is C16H14N4O. The Hall–Kier alpha value is -2.95. The average Bonchev–Trinajstić information content (AvgIpc) is 3.02. The van der Waals surface area contributed by atoms with Crippen molar-refractivity contribution in [3.63, 3.8) is 0 Å². The molecule has 0 unspecified atom stereocenters. The van der Waals surface area contributed by atoms with Gasteiger partial charge >= 0.3 is 6.01 Å². The third kappa shape index (κ3) is 3.33. The molecule has 0 amide bonds. The molecular weight excluding hydrogens is 264 g/mol. The third-order valence-corrected chi connectivity index (χ3v) is 2.86. The molecule has 104 valence electrons. The minimum atomic E-state index is 0.374. The van der Waals surface area contributed by atoms with Crippen LogP contribution in [-0.4, -0.2) is 26.8 Å². The summed E-state index contributed by atoms with van der Waals surface area (Å²) in [6.45, 7) is 0.405. The van der Waals surface area contributed by atoms with Gasteiger partial charge in [0.05, 0.1) is 5.69 Å². The highest BCUT2D eigenvalue weighted by Crippen LogP contribution is 2.12. The Labute approximate surface area is 122 Å². The van der Waals surface area contributed by atoms with Crippen LogP contribution in [0.2, 0.25) is 0 Å². The SMILES string of the molecule is C(=C\c1ccccc1)/COc1nnnn1-c1ccccc1. The van der Waals surface area contributed by atoms with E-state index in [-0.39, 0.29) is 0 Å². The van der Waals surface area contributed by atoms with Crippen molar-refractivity contribution in [2.75, 3.05) is 6.61 Å². The van der Waals surface area contributed by atoms with Crippen molar-refractivity contribution < 1.29 is 4.74 Å². The second kappa shape index (κ2) is 6.47. The van der Waals surface area contributed by atoms with Crippen molar-refractivity contribution in [3.8, 4) is 11.7 Å². The van der Waals surface area contributed by atoms with Crippen LogP contribution in [0.3, 0.4) is 0 Å². The number of hydrogen-bond acceptors (Lipinski definition) is 4. The van der Waals surface area contributed by atoms with E-state index >= 15 is 0 Å². The molecule has 0 saturated heterocycles. The largest absolute Gasteiger partial charge is 0.458 e. The Morgan fingerprint density at radius 3 is 2.43 bits per heavy atom. The average molecular weight is 278 g/mol. The highest BCUT2D eigenvalue weighted by atomic mass is 16.5.